The molecule has 1 aliphatic carbocycles. The van der Waals surface area contributed by atoms with Gasteiger partial charge < -0.3 is 20.4 Å². The number of hydrogen-bond acceptors (Lipinski definition) is 4. The number of ether oxygens (including phenoxy) is 1. The number of carbonyl (C=O) groups excluding carboxylic acids is 1. The van der Waals surface area contributed by atoms with E-state index in [1.165, 1.54) is 0 Å². The number of allylic oxidation sites excluding steroid dienone is 2. The van der Waals surface area contributed by atoms with Crippen LogP contribution in [-0.4, -0.2) is 36.8 Å². The maximum Gasteiger partial charge on any atom is 0.128 e. The highest BCUT2D eigenvalue weighted by atomic mass is 16.5. The molecule has 1 rings (SSSR count). The molecule has 22 heavy (non-hydrogen) atoms. The van der Waals surface area contributed by atoms with Crippen molar-refractivity contribution in [1.82, 2.24) is 0 Å². The van der Waals surface area contributed by atoms with E-state index in [0.717, 1.165) is 37.5 Å². The molecule has 4 heteroatoms. The second kappa shape index (κ2) is 9.93. The van der Waals surface area contributed by atoms with E-state index < -0.39 is 6.10 Å². The summed E-state index contributed by atoms with van der Waals surface area (Å²) < 4.78 is 6.00. The number of aliphatic hydroxyl groups is 1. The van der Waals surface area contributed by atoms with Crippen LogP contribution < -0.4 is 5.73 Å². The van der Waals surface area contributed by atoms with Gasteiger partial charge >= 0.3 is 0 Å². The molecule has 2 atom stereocenters. The summed E-state index contributed by atoms with van der Waals surface area (Å²) in [7, 11) is 0. The van der Waals surface area contributed by atoms with Crippen LogP contribution in [0.3, 0.4) is 0 Å². The molecule has 3 N–H and O–H groups in total. The topological polar surface area (TPSA) is 72.5 Å². The molecule has 1 aliphatic rings. The lowest BCUT2D eigenvalue weighted by Gasteiger charge is -2.30. The second-order valence-electron chi connectivity index (χ2n) is 6.25. The van der Waals surface area contributed by atoms with Gasteiger partial charge in [0, 0.05) is 11.8 Å². The van der Waals surface area contributed by atoms with Gasteiger partial charge in [0.05, 0.1) is 18.8 Å². The van der Waals surface area contributed by atoms with Gasteiger partial charge in [0.25, 0.3) is 0 Å². The molecule has 0 amide bonds. The highest BCUT2D eigenvalue weighted by Gasteiger charge is 2.30. The maximum atomic E-state index is 11.6. The van der Waals surface area contributed by atoms with Crippen LogP contribution in [-0.2, 0) is 9.53 Å². The van der Waals surface area contributed by atoms with Gasteiger partial charge in [0.15, 0.2) is 0 Å². The number of nitrogens with two attached hydrogens (primary N) is 1. The van der Waals surface area contributed by atoms with Crippen LogP contribution in [0.2, 0.25) is 0 Å². The van der Waals surface area contributed by atoms with Crippen LogP contribution in [0, 0.1) is 5.41 Å². The van der Waals surface area contributed by atoms with E-state index in [4.69, 9.17) is 10.5 Å². The van der Waals surface area contributed by atoms with Crippen molar-refractivity contribution in [2.24, 2.45) is 11.1 Å². The Balaban J connectivity index is 2.58. The lowest BCUT2D eigenvalue weighted by Crippen LogP contribution is -2.32. The summed E-state index contributed by atoms with van der Waals surface area (Å²) >= 11 is 0. The Hall–Kier alpha value is -0.970. The molecule has 0 aromatic heterocycles. The number of hydrogen-bond donors (Lipinski definition) is 2. The zero-order valence-electron chi connectivity index (χ0n) is 14.0. The summed E-state index contributed by atoms with van der Waals surface area (Å²) in [5, 5.41) is 10.0. The van der Waals surface area contributed by atoms with Crippen LogP contribution in [0.1, 0.15) is 52.4 Å². The molecule has 0 aromatic rings. The first-order valence-electron chi connectivity index (χ1n) is 8.44. The van der Waals surface area contributed by atoms with Gasteiger partial charge in [-0.3, -0.25) is 0 Å². The zero-order valence-corrected chi connectivity index (χ0v) is 14.0. The summed E-state index contributed by atoms with van der Waals surface area (Å²) in [4.78, 5) is 11.6. The molecule has 0 saturated heterocycles. The first-order chi connectivity index (χ1) is 10.6. The van der Waals surface area contributed by atoms with Crippen molar-refractivity contribution in [1.29, 1.82) is 0 Å². The van der Waals surface area contributed by atoms with Crippen molar-refractivity contribution < 1.29 is 14.6 Å². The Morgan fingerprint density at radius 3 is 2.68 bits per heavy atom. The molecular formula is C18H31NO3. The first-order valence-corrected chi connectivity index (χ1v) is 8.44. The molecule has 0 heterocycles. The van der Waals surface area contributed by atoms with Crippen LogP contribution in [0.5, 0.6) is 0 Å². The number of aliphatic hydroxyl groups excluding tert-OH is 1. The molecule has 2 unspecified atom stereocenters. The Kier molecular flexibility index (Phi) is 8.61. The summed E-state index contributed by atoms with van der Waals surface area (Å²) in [5.41, 5.74) is 6.09. The minimum atomic E-state index is -0.497. The van der Waals surface area contributed by atoms with E-state index in [-0.39, 0.29) is 11.5 Å². The second-order valence-corrected chi connectivity index (χ2v) is 6.25. The Morgan fingerprint density at radius 1 is 1.45 bits per heavy atom. The van der Waals surface area contributed by atoms with Gasteiger partial charge in [0.1, 0.15) is 6.29 Å². The summed E-state index contributed by atoms with van der Waals surface area (Å²) in [5.74, 6) is 0. The summed E-state index contributed by atoms with van der Waals surface area (Å²) in [6.07, 6.45) is 11.3. The van der Waals surface area contributed by atoms with E-state index in [9.17, 15) is 9.90 Å². The van der Waals surface area contributed by atoms with E-state index in [1.807, 2.05) is 18.2 Å². The standard InChI is InChI=1S/C18H31NO3/c1-3-9-18(13-20,10-4-2)14-22-16-7-5-6-15(12-16)17(21)8-11-19/h5-7,13,16-17,21H,3-4,8-12,14,19H2,1-2H3. The molecule has 0 aromatic carbocycles. The van der Waals surface area contributed by atoms with Crippen molar-refractivity contribution in [2.75, 3.05) is 13.2 Å². The smallest absolute Gasteiger partial charge is 0.128 e. The molecule has 0 fully saturated rings. The normalized spacial score (nSPS) is 19.8. The Labute approximate surface area is 134 Å². The van der Waals surface area contributed by atoms with Gasteiger partial charge in [-0.25, -0.2) is 0 Å². The van der Waals surface area contributed by atoms with Crippen molar-refractivity contribution in [3.63, 3.8) is 0 Å². The van der Waals surface area contributed by atoms with E-state index in [0.29, 0.717) is 26.0 Å². The predicted octanol–water partition coefficient (Wildman–Crippen LogP) is 2.75. The molecule has 0 aliphatic heterocycles. The van der Waals surface area contributed by atoms with E-state index >= 15 is 0 Å². The highest BCUT2D eigenvalue weighted by Crippen LogP contribution is 2.30. The predicted molar refractivity (Wildman–Crippen MR) is 89.6 cm³/mol. The SMILES string of the molecule is CCCC(C=O)(CCC)COC1C=CC=C(C(O)CCN)C1. The van der Waals surface area contributed by atoms with Gasteiger partial charge in [-0.05, 0) is 31.4 Å². The fraction of sp³-hybridized carbons (Fsp3) is 0.722. The molecular weight excluding hydrogens is 278 g/mol. The Bertz CT molecular complexity index is 384. The molecule has 0 saturated carbocycles. The minimum Gasteiger partial charge on any atom is -0.389 e. The molecule has 0 bridgehead atoms. The van der Waals surface area contributed by atoms with Crippen LogP contribution in [0.25, 0.3) is 0 Å². The highest BCUT2D eigenvalue weighted by molar-refractivity contribution is 5.59. The van der Waals surface area contributed by atoms with Gasteiger partial charge in [-0.15, -0.1) is 0 Å². The molecule has 0 radical (unpaired) electrons. The average molecular weight is 309 g/mol. The number of aldehydes is 1. The summed E-state index contributed by atoms with van der Waals surface area (Å²) in [6, 6.07) is 0. The monoisotopic (exact) mass is 309 g/mol. The molecule has 0 spiro atoms. The van der Waals surface area contributed by atoms with Gasteiger partial charge in [-0.2, -0.15) is 0 Å². The van der Waals surface area contributed by atoms with Crippen molar-refractivity contribution in [3.05, 3.63) is 23.8 Å². The first kappa shape index (κ1) is 19.1. The van der Waals surface area contributed by atoms with Crippen molar-refractivity contribution in [2.45, 2.75) is 64.6 Å². The van der Waals surface area contributed by atoms with Gasteiger partial charge in [0.2, 0.25) is 0 Å². The zero-order chi connectivity index (χ0) is 16.4. The minimum absolute atomic E-state index is 0.0690. The van der Waals surface area contributed by atoms with Gasteiger partial charge in [-0.1, -0.05) is 44.9 Å². The van der Waals surface area contributed by atoms with Crippen LogP contribution in [0.4, 0.5) is 0 Å². The van der Waals surface area contributed by atoms with Crippen LogP contribution in [0.15, 0.2) is 23.8 Å². The maximum absolute atomic E-state index is 11.6. The number of carbonyl (C=O) groups is 1. The Morgan fingerprint density at radius 2 is 2.14 bits per heavy atom. The quantitative estimate of drug-likeness (QED) is 0.576. The largest absolute Gasteiger partial charge is 0.389 e. The molecule has 4 nitrogen and oxygen atoms in total. The van der Waals surface area contributed by atoms with E-state index in [2.05, 4.69) is 13.8 Å². The molecule has 126 valence electrons. The third kappa shape index (κ3) is 5.67. The fourth-order valence-corrected chi connectivity index (χ4v) is 3.07. The van der Waals surface area contributed by atoms with Crippen molar-refractivity contribution >= 4 is 6.29 Å². The van der Waals surface area contributed by atoms with Crippen molar-refractivity contribution in [3.8, 4) is 0 Å². The third-order valence-corrected chi connectivity index (χ3v) is 4.27. The third-order valence-electron chi connectivity index (χ3n) is 4.27. The van der Waals surface area contributed by atoms with Crippen LogP contribution >= 0.6 is 0 Å². The van der Waals surface area contributed by atoms with E-state index in [1.54, 1.807) is 0 Å². The number of rotatable bonds is 11. The summed E-state index contributed by atoms with van der Waals surface area (Å²) in [6.45, 7) is 5.11. The lowest BCUT2D eigenvalue weighted by molar-refractivity contribution is -0.122. The average Bonchev–Trinajstić information content (AvgIpc) is 2.53. The fourth-order valence-electron chi connectivity index (χ4n) is 3.07. The lowest BCUT2D eigenvalue weighted by atomic mass is 9.81.